The highest BCUT2D eigenvalue weighted by molar-refractivity contribution is 5.94. The lowest BCUT2D eigenvalue weighted by atomic mass is 10.4. The molecule has 0 unspecified atom stereocenters. The van der Waals surface area contributed by atoms with Gasteiger partial charge in [0.05, 0.1) is 6.54 Å². The fourth-order valence-corrected chi connectivity index (χ4v) is 0.666. The van der Waals surface area contributed by atoms with Gasteiger partial charge in [-0.2, -0.15) is 0 Å². The molecule has 1 heterocycles. The van der Waals surface area contributed by atoms with Crippen LogP contribution >= 0.6 is 0 Å². The van der Waals surface area contributed by atoms with Crippen LogP contribution in [0, 0.1) is 12.3 Å². The van der Waals surface area contributed by atoms with Crippen molar-refractivity contribution in [2.45, 2.75) is 0 Å². The summed E-state index contributed by atoms with van der Waals surface area (Å²) in [5, 5.41) is 2.77. The second-order valence-electron chi connectivity index (χ2n) is 1.97. The Morgan fingerprint density at radius 2 is 2.73 bits per heavy atom. The Hall–Kier alpha value is -1.47. The van der Waals surface area contributed by atoms with Crippen LogP contribution in [-0.4, -0.2) is 18.9 Å². The molecule has 0 saturated carbocycles. The summed E-state index contributed by atoms with van der Waals surface area (Å²) in [4.78, 5) is 15.4. The van der Waals surface area contributed by atoms with Crippen LogP contribution in [0.5, 0.6) is 0 Å². The molecule has 2 N–H and O–H groups in total. The second kappa shape index (κ2) is 3.64. The van der Waals surface area contributed by atoms with Crippen LogP contribution in [0.1, 0.15) is 0 Å². The van der Waals surface area contributed by atoms with Crippen molar-refractivity contribution in [3.8, 4) is 12.3 Å². The average molecular weight is 152 g/mol. The van der Waals surface area contributed by atoms with Gasteiger partial charge in [0.25, 0.3) is 0 Å². The molecular formula is C7H8N2O2. The van der Waals surface area contributed by atoms with Gasteiger partial charge in [-0.1, -0.05) is 5.92 Å². The summed E-state index contributed by atoms with van der Waals surface area (Å²) in [6.45, 7) is 0.495. The Bertz CT molecular complexity index is 227. The van der Waals surface area contributed by atoms with E-state index in [2.05, 4.69) is 16.7 Å². The SMILES string of the molecule is C#CCONC1=CC(=O)CN1. The first-order chi connectivity index (χ1) is 5.33. The van der Waals surface area contributed by atoms with Crippen molar-refractivity contribution >= 4 is 5.78 Å². The minimum atomic E-state index is 0.0248. The first kappa shape index (κ1) is 7.63. The molecule has 11 heavy (non-hydrogen) atoms. The van der Waals surface area contributed by atoms with Crippen molar-refractivity contribution in [2.24, 2.45) is 0 Å². The van der Waals surface area contributed by atoms with Gasteiger partial charge >= 0.3 is 0 Å². The van der Waals surface area contributed by atoms with Crippen molar-refractivity contribution in [3.63, 3.8) is 0 Å². The number of hydrogen-bond acceptors (Lipinski definition) is 4. The van der Waals surface area contributed by atoms with E-state index in [0.717, 1.165) is 0 Å². The maximum absolute atomic E-state index is 10.6. The maximum Gasteiger partial charge on any atom is 0.178 e. The van der Waals surface area contributed by atoms with Crippen LogP contribution < -0.4 is 10.8 Å². The molecule has 0 aliphatic carbocycles. The zero-order valence-electron chi connectivity index (χ0n) is 5.89. The summed E-state index contributed by atoms with van der Waals surface area (Å²) in [6.07, 6.45) is 6.35. The lowest BCUT2D eigenvalue weighted by Gasteiger charge is -2.04. The molecule has 0 spiro atoms. The first-order valence-electron chi connectivity index (χ1n) is 3.12. The van der Waals surface area contributed by atoms with Gasteiger partial charge in [0.1, 0.15) is 12.4 Å². The van der Waals surface area contributed by atoms with Gasteiger partial charge in [-0.05, 0) is 0 Å². The summed E-state index contributed by atoms with van der Waals surface area (Å²) < 4.78 is 0. The molecule has 0 atom stereocenters. The number of ketones is 1. The number of carbonyl (C=O) groups is 1. The fraction of sp³-hybridized carbons (Fsp3) is 0.286. The molecule has 0 fully saturated rings. The average Bonchev–Trinajstić information content (AvgIpc) is 2.37. The van der Waals surface area contributed by atoms with Gasteiger partial charge < -0.3 is 5.32 Å². The summed E-state index contributed by atoms with van der Waals surface area (Å²) in [5.74, 6) is 2.86. The number of hydrogen-bond donors (Lipinski definition) is 2. The number of carbonyl (C=O) groups excluding carboxylic acids is 1. The number of rotatable bonds is 3. The number of terminal acetylenes is 1. The molecule has 1 rings (SSSR count). The molecule has 4 nitrogen and oxygen atoms in total. The van der Waals surface area contributed by atoms with Crippen molar-refractivity contribution < 1.29 is 9.63 Å². The normalized spacial score (nSPS) is 15.2. The van der Waals surface area contributed by atoms with E-state index in [4.69, 9.17) is 11.3 Å². The largest absolute Gasteiger partial charge is 0.363 e. The summed E-state index contributed by atoms with van der Waals surface area (Å²) >= 11 is 0. The summed E-state index contributed by atoms with van der Waals surface area (Å²) in [6, 6.07) is 0. The molecule has 4 heteroatoms. The Morgan fingerprint density at radius 3 is 3.27 bits per heavy atom. The Kier molecular flexibility index (Phi) is 2.53. The molecule has 0 amide bonds. The van der Waals surface area contributed by atoms with Crippen molar-refractivity contribution in [1.29, 1.82) is 0 Å². The van der Waals surface area contributed by atoms with Crippen molar-refractivity contribution in [2.75, 3.05) is 13.2 Å². The van der Waals surface area contributed by atoms with E-state index in [1.165, 1.54) is 6.08 Å². The minimum absolute atomic E-state index is 0.0248. The van der Waals surface area contributed by atoms with Crippen molar-refractivity contribution in [3.05, 3.63) is 11.9 Å². The molecule has 1 aliphatic rings. The highest BCUT2D eigenvalue weighted by Gasteiger charge is 2.09. The van der Waals surface area contributed by atoms with E-state index in [1.54, 1.807) is 0 Å². The van der Waals surface area contributed by atoms with E-state index in [-0.39, 0.29) is 12.4 Å². The lowest BCUT2D eigenvalue weighted by molar-refractivity contribution is -0.113. The standard InChI is InChI=1S/C7H8N2O2/c1-2-3-11-9-7-4-6(10)5-8-7/h1,4,8-9H,3,5H2. The van der Waals surface area contributed by atoms with Crippen LogP contribution in [0.3, 0.4) is 0 Å². The second-order valence-corrected chi connectivity index (χ2v) is 1.97. The molecule has 0 aromatic carbocycles. The molecule has 0 aromatic rings. The monoisotopic (exact) mass is 152 g/mol. The zero-order valence-corrected chi connectivity index (χ0v) is 5.89. The van der Waals surface area contributed by atoms with Gasteiger partial charge in [-0.25, -0.2) is 0 Å². The van der Waals surface area contributed by atoms with Crippen LogP contribution in [0.15, 0.2) is 11.9 Å². The smallest absolute Gasteiger partial charge is 0.178 e. The lowest BCUT2D eigenvalue weighted by Crippen LogP contribution is -2.23. The number of nitrogens with one attached hydrogen (secondary N) is 2. The van der Waals surface area contributed by atoms with Gasteiger partial charge in [0, 0.05) is 6.08 Å². The molecule has 1 aliphatic heterocycles. The van der Waals surface area contributed by atoms with Gasteiger partial charge in [-0.15, -0.1) is 6.42 Å². The van der Waals surface area contributed by atoms with E-state index >= 15 is 0 Å². The molecule has 0 bridgehead atoms. The van der Waals surface area contributed by atoms with Crippen molar-refractivity contribution in [1.82, 2.24) is 10.8 Å². The third kappa shape index (κ3) is 2.32. The predicted octanol–water partition coefficient (Wildman–Crippen LogP) is -0.845. The zero-order chi connectivity index (χ0) is 8.10. The Labute approximate surface area is 64.6 Å². The third-order valence-electron chi connectivity index (χ3n) is 1.10. The van der Waals surface area contributed by atoms with Gasteiger partial charge in [-0.3, -0.25) is 15.1 Å². The molecule has 0 radical (unpaired) electrons. The molecular weight excluding hydrogens is 144 g/mol. The number of hydroxylamine groups is 1. The summed E-state index contributed by atoms with van der Waals surface area (Å²) in [5.41, 5.74) is 2.50. The fourth-order valence-electron chi connectivity index (χ4n) is 0.666. The highest BCUT2D eigenvalue weighted by Crippen LogP contribution is 1.92. The molecule has 58 valence electrons. The quantitative estimate of drug-likeness (QED) is 0.314. The minimum Gasteiger partial charge on any atom is -0.363 e. The van der Waals surface area contributed by atoms with Crippen LogP contribution in [0.25, 0.3) is 0 Å². The van der Waals surface area contributed by atoms with Crippen LogP contribution in [-0.2, 0) is 9.63 Å². The van der Waals surface area contributed by atoms with Gasteiger partial charge in [0.2, 0.25) is 0 Å². The first-order valence-corrected chi connectivity index (χ1v) is 3.12. The molecule has 0 saturated heterocycles. The van der Waals surface area contributed by atoms with E-state index < -0.39 is 0 Å². The van der Waals surface area contributed by atoms with Crippen LogP contribution in [0.2, 0.25) is 0 Å². The van der Waals surface area contributed by atoms with E-state index in [9.17, 15) is 4.79 Å². The highest BCUT2D eigenvalue weighted by atomic mass is 16.6. The topological polar surface area (TPSA) is 50.4 Å². The third-order valence-corrected chi connectivity index (χ3v) is 1.10. The summed E-state index contributed by atoms with van der Waals surface area (Å²) in [7, 11) is 0. The molecule has 0 aromatic heterocycles. The maximum atomic E-state index is 10.6. The van der Waals surface area contributed by atoms with Crippen LogP contribution in [0.4, 0.5) is 0 Å². The Balaban J connectivity index is 2.23. The predicted molar refractivity (Wildman–Crippen MR) is 39.0 cm³/mol. The van der Waals surface area contributed by atoms with Gasteiger partial charge in [0.15, 0.2) is 5.78 Å². The van der Waals surface area contributed by atoms with E-state index in [0.29, 0.717) is 12.4 Å². The Morgan fingerprint density at radius 1 is 1.91 bits per heavy atom. The van der Waals surface area contributed by atoms with E-state index in [1.807, 2.05) is 0 Å².